The van der Waals surface area contributed by atoms with Gasteiger partial charge in [-0.3, -0.25) is 4.79 Å². The molecule has 2 aromatic carbocycles. The van der Waals surface area contributed by atoms with Crippen molar-refractivity contribution >= 4 is 26.0 Å². The molecule has 1 saturated heterocycles. The van der Waals surface area contributed by atoms with E-state index in [0.717, 1.165) is 10.7 Å². The van der Waals surface area contributed by atoms with Crippen molar-refractivity contribution in [3.63, 3.8) is 0 Å². The van der Waals surface area contributed by atoms with Crippen LogP contribution in [0.1, 0.15) is 20.3 Å². The number of amides is 1. The van der Waals surface area contributed by atoms with Crippen LogP contribution in [0.15, 0.2) is 70.5 Å². The third-order valence-corrected chi connectivity index (χ3v) is 9.15. The van der Waals surface area contributed by atoms with E-state index < -0.39 is 32.0 Å². The van der Waals surface area contributed by atoms with Crippen LogP contribution in [-0.4, -0.2) is 63.6 Å². The SMILES string of the molecule is CC(C)CCNC(=O)[C@@H]1CN(S(=O)(=O)c2ccccc2)CCN1S(=O)(=O)c1ccccc1. The van der Waals surface area contributed by atoms with Gasteiger partial charge in [-0.25, -0.2) is 16.8 Å². The second kappa shape index (κ2) is 10.1. The van der Waals surface area contributed by atoms with E-state index in [1.807, 2.05) is 13.8 Å². The van der Waals surface area contributed by atoms with Crippen molar-refractivity contribution < 1.29 is 21.6 Å². The Kier molecular flexibility index (Phi) is 7.71. The lowest BCUT2D eigenvalue weighted by Crippen LogP contribution is -2.61. The average Bonchev–Trinajstić information content (AvgIpc) is 2.79. The van der Waals surface area contributed by atoms with Crippen LogP contribution in [0.4, 0.5) is 0 Å². The first-order valence-electron chi connectivity index (χ1n) is 10.5. The highest BCUT2D eigenvalue weighted by Gasteiger charge is 2.43. The third-order valence-electron chi connectivity index (χ3n) is 5.35. The number of carbonyl (C=O) groups excluding carboxylic acids is 1. The normalized spacial score (nSPS) is 18.5. The summed E-state index contributed by atoms with van der Waals surface area (Å²) in [6, 6.07) is 14.6. The van der Waals surface area contributed by atoms with Crippen molar-refractivity contribution in [1.29, 1.82) is 0 Å². The maximum Gasteiger partial charge on any atom is 0.243 e. The number of rotatable bonds is 8. The highest BCUT2D eigenvalue weighted by atomic mass is 32.2. The molecule has 174 valence electrons. The summed E-state index contributed by atoms with van der Waals surface area (Å²) in [6.07, 6.45) is 0.732. The zero-order valence-corrected chi connectivity index (χ0v) is 19.8. The van der Waals surface area contributed by atoms with Gasteiger partial charge in [-0.1, -0.05) is 50.2 Å². The first-order chi connectivity index (χ1) is 15.1. The maximum atomic E-state index is 13.3. The van der Waals surface area contributed by atoms with E-state index in [4.69, 9.17) is 0 Å². The monoisotopic (exact) mass is 479 g/mol. The fraction of sp³-hybridized carbons (Fsp3) is 0.409. The van der Waals surface area contributed by atoms with Crippen LogP contribution >= 0.6 is 0 Å². The van der Waals surface area contributed by atoms with E-state index in [9.17, 15) is 21.6 Å². The summed E-state index contributed by atoms with van der Waals surface area (Å²) in [4.78, 5) is 13.2. The molecule has 1 N–H and O–H groups in total. The standard InChI is InChI=1S/C22H29N3O5S2/c1-18(2)13-14-23-22(26)21-17-24(31(27,28)19-9-5-3-6-10-19)15-16-25(21)32(29,30)20-11-7-4-8-12-20/h3-12,18,21H,13-17H2,1-2H3,(H,23,26)/t21-/m0/s1. The quantitative estimate of drug-likeness (QED) is 0.623. The lowest BCUT2D eigenvalue weighted by molar-refractivity contribution is -0.125. The van der Waals surface area contributed by atoms with Gasteiger partial charge in [0, 0.05) is 26.2 Å². The lowest BCUT2D eigenvalue weighted by atomic mass is 10.1. The Hall–Kier alpha value is -2.27. The molecule has 0 aliphatic carbocycles. The van der Waals surface area contributed by atoms with E-state index >= 15 is 0 Å². The zero-order valence-electron chi connectivity index (χ0n) is 18.2. The molecule has 0 radical (unpaired) electrons. The number of sulfonamides is 2. The minimum absolute atomic E-state index is 0.0426. The summed E-state index contributed by atoms with van der Waals surface area (Å²) in [5.41, 5.74) is 0. The number of nitrogens with zero attached hydrogens (tertiary/aromatic N) is 2. The predicted octanol–water partition coefficient (Wildman–Crippen LogP) is 1.91. The van der Waals surface area contributed by atoms with Crippen LogP contribution in [0, 0.1) is 5.92 Å². The number of carbonyl (C=O) groups is 1. The van der Waals surface area contributed by atoms with E-state index in [0.29, 0.717) is 12.5 Å². The molecule has 1 heterocycles. The van der Waals surface area contributed by atoms with E-state index in [1.165, 1.54) is 28.6 Å². The number of benzene rings is 2. The highest BCUT2D eigenvalue weighted by Crippen LogP contribution is 2.25. The van der Waals surface area contributed by atoms with Gasteiger partial charge in [0.1, 0.15) is 6.04 Å². The van der Waals surface area contributed by atoms with Crippen LogP contribution in [0.5, 0.6) is 0 Å². The largest absolute Gasteiger partial charge is 0.355 e. The topological polar surface area (TPSA) is 104 Å². The van der Waals surface area contributed by atoms with E-state index in [-0.39, 0.29) is 29.4 Å². The summed E-state index contributed by atoms with van der Waals surface area (Å²) >= 11 is 0. The minimum atomic E-state index is -3.98. The molecule has 10 heteroatoms. The Morgan fingerprint density at radius 2 is 1.44 bits per heavy atom. The Morgan fingerprint density at radius 1 is 0.906 bits per heavy atom. The second-order valence-electron chi connectivity index (χ2n) is 8.09. The number of hydrogen-bond acceptors (Lipinski definition) is 5. The summed E-state index contributed by atoms with van der Waals surface area (Å²) in [5.74, 6) is -0.140. The molecule has 1 amide bonds. The fourth-order valence-corrected chi connectivity index (χ4v) is 6.58. The van der Waals surface area contributed by atoms with Gasteiger partial charge in [0.2, 0.25) is 26.0 Å². The van der Waals surface area contributed by atoms with Crippen molar-refractivity contribution in [2.24, 2.45) is 5.92 Å². The lowest BCUT2D eigenvalue weighted by Gasteiger charge is -2.39. The van der Waals surface area contributed by atoms with Gasteiger partial charge in [0.15, 0.2) is 0 Å². The van der Waals surface area contributed by atoms with Crippen LogP contribution in [0.3, 0.4) is 0 Å². The average molecular weight is 480 g/mol. The summed E-state index contributed by atoms with van der Waals surface area (Å²) < 4.78 is 55.1. The van der Waals surface area contributed by atoms with Crippen LogP contribution < -0.4 is 5.32 Å². The maximum absolute atomic E-state index is 13.3. The van der Waals surface area contributed by atoms with Crippen molar-refractivity contribution in [3.05, 3.63) is 60.7 Å². The predicted molar refractivity (Wildman–Crippen MR) is 122 cm³/mol. The van der Waals surface area contributed by atoms with Gasteiger partial charge in [-0.2, -0.15) is 8.61 Å². The van der Waals surface area contributed by atoms with Crippen molar-refractivity contribution in [2.75, 3.05) is 26.2 Å². The van der Waals surface area contributed by atoms with E-state index in [2.05, 4.69) is 5.32 Å². The Balaban J connectivity index is 1.90. The molecule has 0 saturated carbocycles. The van der Waals surface area contributed by atoms with Crippen molar-refractivity contribution in [2.45, 2.75) is 36.1 Å². The van der Waals surface area contributed by atoms with Crippen LogP contribution in [-0.2, 0) is 24.8 Å². The zero-order chi connectivity index (χ0) is 23.4. The minimum Gasteiger partial charge on any atom is -0.355 e. The molecule has 2 aromatic rings. The van der Waals surface area contributed by atoms with Gasteiger partial charge < -0.3 is 5.32 Å². The molecule has 1 aliphatic heterocycles. The Labute approximate surface area is 190 Å². The summed E-state index contributed by atoms with van der Waals surface area (Å²) in [7, 11) is -7.84. The van der Waals surface area contributed by atoms with Crippen molar-refractivity contribution in [3.8, 4) is 0 Å². The molecule has 3 rings (SSSR count). The molecule has 8 nitrogen and oxygen atoms in total. The fourth-order valence-electron chi connectivity index (χ4n) is 3.53. The van der Waals surface area contributed by atoms with Gasteiger partial charge in [-0.05, 0) is 36.6 Å². The molecule has 0 aromatic heterocycles. The number of piperazine rings is 1. The summed E-state index contributed by atoms with van der Waals surface area (Å²) in [6.45, 7) is 4.01. The third kappa shape index (κ3) is 5.37. The van der Waals surface area contributed by atoms with Crippen LogP contribution in [0.2, 0.25) is 0 Å². The smallest absolute Gasteiger partial charge is 0.243 e. The molecular weight excluding hydrogens is 450 g/mol. The molecule has 0 unspecified atom stereocenters. The molecular formula is C22H29N3O5S2. The van der Waals surface area contributed by atoms with Gasteiger partial charge in [0.25, 0.3) is 0 Å². The Morgan fingerprint density at radius 3 is 1.97 bits per heavy atom. The molecule has 0 bridgehead atoms. The molecule has 32 heavy (non-hydrogen) atoms. The first kappa shape index (κ1) is 24.4. The van der Waals surface area contributed by atoms with E-state index in [1.54, 1.807) is 36.4 Å². The second-order valence-corrected chi connectivity index (χ2v) is 11.9. The first-order valence-corrected chi connectivity index (χ1v) is 13.4. The van der Waals surface area contributed by atoms with Crippen LogP contribution in [0.25, 0.3) is 0 Å². The van der Waals surface area contributed by atoms with Crippen molar-refractivity contribution in [1.82, 2.24) is 13.9 Å². The molecule has 0 spiro atoms. The Bertz CT molecular complexity index is 1120. The molecule has 1 aliphatic rings. The van der Waals surface area contributed by atoms with Gasteiger partial charge in [-0.15, -0.1) is 0 Å². The molecule has 1 atom stereocenters. The molecule has 1 fully saturated rings. The highest BCUT2D eigenvalue weighted by molar-refractivity contribution is 7.89. The number of nitrogens with one attached hydrogen (secondary N) is 1. The number of hydrogen-bond donors (Lipinski definition) is 1. The van der Waals surface area contributed by atoms with Gasteiger partial charge in [0.05, 0.1) is 9.79 Å². The summed E-state index contributed by atoms with van der Waals surface area (Å²) in [5, 5.41) is 2.78. The van der Waals surface area contributed by atoms with Gasteiger partial charge >= 0.3 is 0 Å².